The van der Waals surface area contributed by atoms with Gasteiger partial charge in [0.2, 0.25) is 0 Å². The third kappa shape index (κ3) is 4.56. The molecule has 10 heteroatoms. The van der Waals surface area contributed by atoms with Gasteiger partial charge in [-0.1, -0.05) is 16.8 Å². The lowest BCUT2D eigenvalue weighted by Gasteiger charge is -2.25. The van der Waals surface area contributed by atoms with E-state index in [1.54, 1.807) is 22.7 Å². The molecule has 2 atom stereocenters. The van der Waals surface area contributed by atoms with Gasteiger partial charge in [0.15, 0.2) is 11.8 Å². The molecule has 1 saturated carbocycles. The first kappa shape index (κ1) is 20.6. The number of hydrogen-bond acceptors (Lipinski definition) is 5. The van der Waals surface area contributed by atoms with Gasteiger partial charge in [-0.25, -0.2) is 9.07 Å². The largest absolute Gasteiger partial charge is 0.479 e. The predicted octanol–water partition coefficient (Wildman–Crippen LogP) is 2.59. The topological polar surface area (TPSA) is 89.4 Å². The summed E-state index contributed by atoms with van der Waals surface area (Å²) in [6.07, 6.45) is 4.67. The van der Waals surface area contributed by atoms with Crippen molar-refractivity contribution in [1.29, 1.82) is 0 Å². The molecule has 1 N–H and O–H groups in total. The number of ether oxygens (including phenoxy) is 1. The van der Waals surface area contributed by atoms with Crippen molar-refractivity contribution in [2.75, 3.05) is 13.1 Å². The van der Waals surface area contributed by atoms with Gasteiger partial charge in [-0.15, -0.1) is 5.10 Å². The zero-order valence-corrected chi connectivity index (χ0v) is 17.3. The number of hydrogen-bond donors (Lipinski definition) is 1. The molecule has 0 radical (unpaired) electrons. The van der Waals surface area contributed by atoms with Crippen LogP contribution in [0.15, 0.2) is 24.4 Å². The van der Waals surface area contributed by atoms with Crippen LogP contribution < -0.4 is 10.1 Å². The van der Waals surface area contributed by atoms with Gasteiger partial charge in [0, 0.05) is 19.1 Å². The number of carbonyl (C=O) groups is 2. The van der Waals surface area contributed by atoms with E-state index in [1.165, 1.54) is 12.1 Å². The fraction of sp³-hybridized carbons (Fsp3) is 0.500. The van der Waals surface area contributed by atoms with Gasteiger partial charge in [-0.05, 0) is 50.8 Å². The molecule has 1 aromatic carbocycles. The van der Waals surface area contributed by atoms with Crippen LogP contribution in [0, 0.1) is 5.82 Å². The second-order valence-corrected chi connectivity index (χ2v) is 8.10. The van der Waals surface area contributed by atoms with Crippen LogP contribution in [0.3, 0.4) is 0 Å². The summed E-state index contributed by atoms with van der Waals surface area (Å²) in [5.41, 5.74) is 0.336. The first-order valence-corrected chi connectivity index (χ1v) is 10.4. The van der Waals surface area contributed by atoms with E-state index < -0.39 is 11.9 Å². The molecule has 1 aliphatic heterocycles. The van der Waals surface area contributed by atoms with Crippen LogP contribution >= 0.6 is 11.6 Å². The Morgan fingerprint density at radius 1 is 1.37 bits per heavy atom. The molecular formula is C20H23ClFN5O3. The highest BCUT2D eigenvalue weighted by Crippen LogP contribution is 2.34. The average molecular weight is 436 g/mol. The van der Waals surface area contributed by atoms with Gasteiger partial charge < -0.3 is 15.0 Å². The van der Waals surface area contributed by atoms with Crippen LogP contribution in [-0.2, 0) is 4.79 Å². The Bertz CT molecular complexity index is 948. The van der Waals surface area contributed by atoms with E-state index in [1.807, 2.05) is 0 Å². The van der Waals surface area contributed by atoms with Gasteiger partial charge >= 0.3 is 0 Å². The highest BCUT2D eigenvalue weighted by atomic mass is 35.5. The maximum Gasteiger partial charge on any atom is 0.276 e. The minimum Gasteiger partial charge on any atom is -0.479 e. The summed E-state index contributed by atoms with van der Waals surface area (Å²) >= 11 is 5.94. The van der Waals surface area contributed by atoms with Crippen molar-refractivity contribution in [2.45, 2.75) is 50.8 Å². The quantitative estimate of drug-likeness (QED) is 0.722. The zero-order chi connectivity index (χ0) is 21.3. The third-order valence-corrected chi connectivity index (χ3v) is 5.66. The van der Waals surface area contributed by atoms with Crippen molar-refractivity contribution in [3.8, 4) is 5.75 Å². The highest BCUT2D eigenvalue weighted by Gasteiger charge is 2.33. The van der Waals surface area contributed by atoms with Gasteiger partial charge in [-0.2, -0.15) is 0 Å². The minimum atomic E-state index is -0.822. The summed E-state index contributed by atoms with van der Waals surface area (Å²) in [5, 5.41) is 11.0. The molecule has 1 unspecified atom stereocenters. The second kappa shape index (κ2) is 8.59. The summed E-state index contributed by atoms with van der Waals surface area (Å²) in [4.78, 5) is 27.0. The van der Waals surface area contributed by atoms with E-state index in [2.05, 4.69) is 15.6 Å². The molecule has 2 heterocycles. The van der Waals surface area contributed by atoms with Crippen molar-refractivity contribution < 1.29 is 18.7 Å². The number of likely N-dealkylation sites (tertiary alicyclic amines) is 1. The van der Waals surface area contributed by atoms with Crippen LogP contribution in [0.5, 0.6) is 5.75 Å². The number of nitrogens with zero attached hydrogens (tertiary/aromatic N) is 4. The molecule has 8 nitrogen and oxygen atoms in total. The Morgan fingerprint density at radius 3 is 2.90 bits per heavy atom. The number of rotatable bonds is 7. The molecule has 2 aliphatic rings. The molecule has 1 aromatic heterocycles. The molecule has 2 aromatic rings. The van der Waals surface area contributed by atoms with Crippen molar-refractivity contribution in [3.63, 3.8) is 0 Å². The number of carbonyl (C=O) groups excluding carboxylic acids is 2. The Hall–Kier alpha value is -2.68. The van der Waals surface area contributed by atoms with Crippen molar-refractivity contribution in [2.24, 2.45) is 0 Å². The molecule has 2 amide bonds. The fourth-order valence-electron chi connectivity index (χ4n) is 3.53. The molecular weight excluding hydrogens is 413 g/mol. The summed E-state index contributed by atoms with van der Waals surface area (Å²) in [7, 11) is 0. The predicted molar refractivity (Wildman–Crippen MR) is 107 cm³/mol. The molecule has 0 spiro atoms. The average Bonchev–Trinajstić information content (AvgIpc) is 3.26. The van der Waals surface area contributed by atoms with Crippen molar-refractivity contribution >= 4 is 23.4 Å². The number of nitrogens with one attached hydrogen (secondary N) is 1. The lowest BCUT2D eigenvalue weighted by atomic mass is 10.2. The Morgan fingerprint density at radius 2 is 2.17 bits per heavy atom. The van der Waals surface area contributed by atoms with Crippen LogP contribution in [-0.4, -0.2) is 56.9 Å². The van der Waals surface area contributed by atoms with Gasteiger partial charge in [-0.3, -0.25) is 9.59 Å². The Kier molecular flexibility index (Phi) is 5.90. The van der Waals surface area contributed by atoms with E-state index in [0.717, 1.165) is 31.7 Å². The summed E-state index contributed by atoms with van der Waals surface area (Å²) < 4.78 is 20.4. The maximum absolute atomic E-state index is 13.1. The summed E-state index contributed by atoms with van der Waals surface area (Å²) in [6.45, 7) is 2.52. The van der Waals surface area contributed by atoms with E-state index in [-0.39, 0.29) is 28.6 Å². The highest BCUT2D eigenvalue weighted by molar-refractivity contribution is 6.32. The smallest absolute Gasteiger partial charge is 0.276 e. The second-order valence-electron chi connectivity index (χ2n) is 7.69. The summed E-state index contributed by atoms with van der Waals surface area (Å²) in [6, 6.07) is 3.97. The number of aromatic nitrogens is 3. The number of benzene rings is 1. The number of amides is 2. The van der Waals surface area contributed by atoms with E-state index in [9.17, 15) is 14.0 Å². The van der Waals surface area contributed by atoms with Gasteiger partial charge in [0.25, 0.3) is 11.8 Å². The van der Waals surface area contributed by atoms with Crippen LogP contribution in [0.4, 0.5) is 4.39 Å². The Labute approximate surface area is 178 Å². The number of halogens is 2. The van der Waals surface area contributed by atoms with Gasteiger partial charge in [0.1, 0.15) is 11.6 Å². The van der Waals surface area contributed by atoms with Crippen LogP contribution in [0.2, 0.25) is 5.02 Å². The molecule has 2 fully saturated rings. The lowest BCUT2D eigenvalue weighted by Crippen LogP contribution is -2.46. The van der Waals surface area contributed by atoms with E-state index in [0.29, 0.717) is 24.8 Å². The third-order valence-electron chi connectivity index (χ3n) is 5.37. The van der Waals surface area contributed by atoms with Crippen LogP contribution in [0.25, 0.3) is 0 Å². The molecule has 1 saturated heterocycles. The first-order chi connectivity index (χ1) is 14.4. The molecule has 0 bridgehead atoms. The molecule has 160 valence electrons. The SMILES string of the molecule is CC(Oc1ccc(F)cc1Cl)C(=O)NC[C@H]1CCCN1C(=O)c1cn(C2CC2)nn1. The normalized spacial score (nSPS) is 19.6. The monoisotopic (exact) mass is 435 g/mol. The van der Waals surface area contributed by atoms with E-state index >= 15 is 0 Å². The standard InChI is InChI=1S/C20H23ClFN5O3/c1-12(30-18-7-4-13(22)9-16(18)21)19(28)23-10-15-3-2-8-26(15)20(29)17-11-27(25-24-17)14-5-6-14/h4,7,9,11-12,14-15H,2-3,5-6,8,10H2,1H3,(H,23,28)/t12?,15-/m1/s1. The molecule has 30 heavy (non-hydrogen) atoms. The van der Waals surface area contributed by atoms with Crippen molar-refractivity contribution in [1.82, 2.24) is 25.2 Å². The zero-order valence-electron chi connectivity index (χ0n) is 16.6. The van der Waals surface area contributed by atoms with Crippen molar-refractivity contribution in [3.05, 3.63) is 40.9 Å². The lowest BCUT2D eigenvalue weighted by molar-refractivity contribution is -0.127. The molecule has 4 rings (SSSR count). The maximum atomic E-state index is 13.1. The van der Waals surface area contributed by atoms with E-state index in [4.69, 9.17) is 16.3 Å². The van der Waals surface area contributed by atoms with Gasteiger partial charge in [0.05, 0.1) is 17.3 Å². The fourth-order valence-corrected chi connectivity index (χ4v) is 3.74. The minimum absolute atomic E-state index is 0.0986. The Balaban J connectivity index is 1.31. The van der Waals surface area contributed by atoms with Crippen LogP contribution in [0.1, 0.15) is 49.1 Å². The molecule has 1 aliphatic carbocycles. The first-order valence-electron chi connectivity index (χ1n) is 10.0. The summed E-state index contributed by atoms with van der Waals surface area (Å²) in [5.74, 6) is -0.750.